The normalized spacial score (nSPS) is 13.2. The van der Waals surface area contributed by atoms with Gasteiger partial charge in [0, 0.05) is 0 Å². The van der Waals surface area contributed by atoms with Crippen LogP contribution in [0.2, 0.25) is 18.1 Å². The van der Waals surface area contributed by atoms with Crippen LogP contribution in [0.4, 0.5) is 0 Å². The van der Waals surface area contributed by atoms with Crippen LogP contribution in [0.15, 0.2) is 0 Å². The molecule has 0 heterocycles. The van der Waals surface area contributed by atoms with E-state index in [9.17, 15) is 0 Å². The standard InChI is InChI=1S/C6H17ClOSi2/c1-4-9-8-10(7,5-2)6-3/h4-6,9H2,1-3H3. The minimum absolute atomic E-state index is 0.275. The predicted octanol–water partition coefficient (Wildman–Crippen LogP) is 2.25. The minimum atomic E-state index is -1.68. The van der Waals surface area contributed by atoms with Crippen LogP contribution >= 0.6 is 11.1 Å². The van der Waals surface area contributed by atoms with Gasteiger partial charge in [0.1, 0.15) is 9.76 Å². The lowest BCUT2D eigenvalue weighted by Crippen LogP contribution is -2.31. The molecule has 0 aromatic heterocycles. The molecule has 1 nitrogen and oxygen atoms in total. The number of hydrogen-bond acceptors (Lipinski definition) is 1. The summed E-state index contributed by atoms with van der Waals surface area (Å²) in [6, 6.07) is 3.32. The third-order valence-electron chi connectivity index (χ3n) is 1.62. The summed E-state index contributed by atoms with van der Waals surface area (Å²) >= 11 is 6.24. The monoisotopic (exact) mass is 196 g/mol. The van der Waals surface area contributed by atoms with Crippen LogP contribution in [0.25, 0.3) is 0 Å². The van der Waals surface area contributed by atoms with Gasteiger partial charge >= 0.3 is 0 Å². The molecule has 0 aromatic carbocycles. The average molecular weight is 197 g/mol. The van der Waals surface area contributed by atoms with Gasteiger partial charge in [-0.25, -0.2) is 0 Å². The first-order valence-corrected chi connectivity index (χ1v) is 8.92. The smallest absolute Gasteiger partial charge is 0.279 e. The Hall–Kier alpha value is 0.684. The molecule has 0 radical (unpaired) electrons. The Labute approximate surface area is 71.9 Å². The Morgan fingerprint density at radius 3 is 2.10 bits per heavy atom. The van der Waals surface area contributed by atoms with Gasteiger partial charge in [0.05, 0.1) is 0 Å². The Kier molecular flexibility index (Phi) is 5.72. The quantitative estimate of drug-likeness (QED) is 0.484. The van der Waals surface area contributed by atoms with Gasteiger partial charge in [0.25, 0.3) is 7.63 Å². The second kappa shape index (κ2) is 5.35. The molecular formula is C6H17ClOSi2. The van der Waals surface area contributed by atoms with E-state index < -0.39 is 7.63 Å². The summed E-state index contributed by atoms with van der Waals surface area (Å²) in [6.45, 7) is 6.43. The van der Waals surface area contributed by atoms with Crippen molar-refractivity contribution in [2.45, 2.75) is 38.9 Å². The fourth-order valence-corrected chi connectivity index (χ4v) is 5.85. The van der Waals surface area contributed by atoms with Gasteiger partial charge in [0.2, 0.25) is 0 Å². The van der Waals surface area contributed by atoms with E-state index in [1.54, 1.807) is 0 Å². The Bertz CT molecular complexity index is 85.8. The summed E-state index contributed by atoms with van der Waals surface area (Å²) in [5.74, 6) is 0. The van der Waals surface area contributed by atoms with Crippen LogP contribution in [-0.2, 0) is 4.12 Å². The Morgan fingerprint density at radius 2 is 1.80 bits per heavy atom. The zero-order valence-corrected chi connectivity index (χ0v) is 10.3. The third kappa shape index (κ3) is 3.76. The molecule has 0 aliphatic carbocycles. The van der Waals surface area contributed by atoms with Crippen molar-refractivity contribution >= 4 is 28.5 Å². The predicted molar refractivity (Wildman–Crippen MR) is 52.7 cm³/mol. The van der Waals surface area contributed by atoms with Crippen molar-refractivity contribution in [1.29, 1.82) is 0 Å². The van der Waals surface area contributed by atoms with Gasteiger partial charge in [-0.1, -0.05) is 20.8 Å². The van der Waals surface area contributed by atoms with E-state index in [4.69, 9.17) is 15.2 Å². The molecular weight excluding hydrogens is 180 g/mol. The summed E-state index contributed by atoms with van der Waals surface area (Å²) in [4.78, 5) is 0. The van der Waals surface area contributed by atoms with E-state index in [0.29, 0.717) is 0 Å². The van der Waals surface area contributed by atoms with Crippen LogP contribution in [0.5, 0.6) is 0 Å². The first-order chi connectivity index (χ1) is 4.68. The Morgan fingerprint density at radius 1 is 1.30 bits per heavy atom. The minimum Gasteiger partial charge on any atom is -0.450 e. The second-order valence-corrected chi connectivity index (χ2v) is 10.2. The molecule has 0 rings (SSSR count). The molecule has 4 heteroatoms. The number of hydrogen-bond donors (Lipinski definition) is 0. The maximum Gasteiger partial charge on any atom is 0.279 e. The SMILES string of the molecule is CC[SiH2]O[Si](Cl)(CC)CC. The zero-order valence-electron chi connectivity index (χ0n) is 7.11. The fraction of sp³-hybridized carbons (Fsp3) is 1.00. The van der Waals surface area contributed by atoms with Crippen molar-refractivity contribution in [3.05, 3.63) is 0 Å². The van der Waals surface area contributed by atoms with E-state index in [2.05, 4.69) is 20.8 Å². The van der Waals surface area contributed by atoms with E-state index >= 15 is 0 Å². The molecule has 0 aliphatic heterocycles. The lowest BCUT2D eigenvalue weighted by molar-refractivity contribution is 0.594. The second-order valence-electron chi connectivity index (χ2n) is 2.44. The molecule has 0 saturated heterocycles. The van der Waals surface area contributed by atoms with Crippen molar-refractivity contribution in [1.82, 2.24) is 0 Å². The molecule has 62 valence electrons. The first kappa shape index (κ1) is 10.7. The molecule has 0 amide bonds. The average Bonchev–Trinajstić information content (AvgIpc) is 2.00. The van der Waals surface area contributed by atoms with Crippen LogP contribution in [0.1, 0.15) is 20.8 Å². The van der Waals surface area contributed by atoms with E-state index in [1.165, 1.54) is 6.04 Å². The van der Waals surface area contributed by atoms with Crippen LogP contribution in [0.3, 0.4) is 0 Å². The van der Waals surface area contributed by atoms with Crippen LogP contribution in [-0.4, -0.2) is 17.4 Å². The topological polar surface area (TPSA) is 9.23 Å². The summed E-state index contributed by atoms with van der Waals surface area (Å²) < 4.78 is 5.72. The van der Waals surface area contributed by atoms with Crippen molar-refractivity contribution in [2.24, 2.45) is 0 Å². The molecule has 0 unspecified atom stereocenters. The Balaban J connectivity index is 3.58. The van der Waals surface area contributed by atoms with Crippen LogP contribution < -0.4 is 0 Å². The van der Waals surface area contributed by atoms with E-state index in [0.717, 1.165) is 12.1 Å². The van der Waals surface area contributed by atoms with Gasteiger partial charge in [-0.05, 0) is 18.1 Å². The summed E-state index contributed by atoms with van der Waals surface area (Å²) in [5, 5.41) is 0. The maximum absolute atomic E-state index is 6.24. The van der Waals surface area contributed by atoms with Gasteiger partial charge in [0.15, 0.2) is 0 Å². The third-order valence-corrected chi connectivity index (χ3v) is 9.61. The highest BCUT2D eigenvalue weighted by Gasteiger charge is 2.26. The molecule has 0 saturated carbocycles. The van der Waals surface area contributed by atoms with Gasteiger partial charge in [-0.3, -0.25) is 0 Å². The van der Waals surface area contributed by atoms with E-state index in [1.807, 2.05) is 0 Å². The first-order valence-electron chi connectivity index (χ1n) is 4.01. The maximum atomic E-state index is 6.24. The summed E-state index contributed by atoms with van der Waals surface area (Å²) in [5.41, 5.74) is 0. The fourth-order valence-electron chi connectivity index (χ4n) is 0.739. The lowest BCUT2D eigenvalue weighted by atomic mass is 11.0. The lowest BCUT2D eigenvalue weighted by Gasteiger charge is -2.21. The molecule has 0 spiro atoms. The van der Waals surface area contributed by atoms with Gasteiger partial charge in [-0.2, -0.15) is 0 Å². The summed E-state index contributed by atoms with van der Waals surface area (Å²) in [7, 11) is -1.96. The highest BCUT2D eigenvalue weighted by molar-refractivity contribution is 7.17. The van der Waals surface area contributed by atoms with Crippen molar-refractivity contribution in [3.8, 4) is 0 Å². The highest BCUT2D eigenvalue weighted by Crippen LogP contribution is 2.20. The van der Waals surface area contributed by atoms with Gasteiger partial charge in [-0.15, -0.1) is 11.1 Å². The molecule has 10 heavy (non-hydrogen) atoms. The molecule has 0 aromatic rings. The molecule has 0 fully saturated rings. The molecule has 0 aliphatic rings. The molecule has 0 bridgehead atoms. The highest BCUT2D eigenvalue weighted by atomic mass is 35.6. The van der Waals surface area contributed by atoms with Crippen molar-refractivity contribution in [3.63, 3.8) is 0 Å². The van der Waals surface area contributed by atoms with Crippen molar-refractivity contribution in [2.75, 3.05) is 0 Å². The zero-order chi connectivity index (χ0) is 8.04. The van der Waals surface area contributed by atoms with Crippen molar-refractivity contribution < 1.29 is 4.12 Å². The largest absolute Gasteiger partial charge is 0.450 e. The van der Waals surface area contributed by atoms with Crippen LogP contribution in [0, 0.1) is 0 Å². The number of rotatable bonds is 5. The van der Waals surface area contributed by atoms with Gasteiger partial charge < -0.3 is 4.12 Å². The van der Waals surface area contributed by atoms with E-state index in [-0.39, 0.29) is 9.76 Å². The molecule has 0 atom stereocenters. The molecule has 0 N–H and O–H groups in total. The summed E-state index contributed by atoms with van der Waals surface area (Å²) in [6.07, 6.45) is 0. The number of halogens is 1.